The average molecular weight is 305 g/mol. The summed E-state index contributed by atoms with van der Waals surface area (Å²) in [5.74, 6) is -0.760. The van der Waals surface area contributed by atoms with Crippen molar-refractivity contribution >= 4 is 28.9 Å². The first kappa shape index (κ1) is 15.1. The number of carbonyl (C=O) groups excluding carboxylic acids is 2. The maximum absolute atomic E-state index is 12.5. The Morgan fingerprint density at radius 1 is 1.29 bits per heavy atom. The molecule has 21 heavy (non-hydrogen) atoms. The molecule has 7 heteroatoms. The van der Waals surface area contributed by atoms with Crippen LogP contribution in [0.15, 0.2) is 29.9 Å². The molecule has 2 rings (SSSR count). The van der Waals surface area contributed by atoms with E-state index in [-0.39, 0.29) is 23.2 Å². The van der Waals surface area contributed by atoms with Crippen LogP contribution >= 0.6 is 11.3 Å². The van der Waals surface area contributed by atoms with Crippen LogP contribution in [0.2, 0.25) is 0 Å². The molecule has 0 aliphatic heterocycles. The van der Waals surface area contributed by atoms with E-state index in [1.165, 1.54) is 0 Å². The molecule has 0 aliphatic carbocycles. The van der Waals surface area contributed by atoms with Gasteiger partial charge >= 0.3 is 5.97 Å². The quantitative estimate of drug-likeness (QED) is 0.793. The van der Waals surface area contributed by atoms with E-state index < -0.39 is 5.97 Å². The summed E-state index contributed by atoms with van der Waals surface area (Å²) in [5, 5.41) is 1.75. The Balaban J connectivity index is 2.21. The molecule has 0 unspecified atom stereocenters. The highest BCUT2D eigenvalue weighted by Crippen LogP contribution is 2.18. The molecule has 1 amide bonds. The number of rotatable bonds is 5. The van der Waals surface area contributed by atoms with E-state index in [0.29, 0.717) is 6.54 Å². The van der Waals surface area contributed by atoms with Crippen molar-refractivity contribution < 1.29 is 14.3 Å². The van der Waals surface area contributed by atoms with Gasteiger partial charge in [-0.1, -0.05) is 0 Å². The summed E-state index contributed by atoms with van der Waals surface area (Å²) < 4.78 is 4.87. The van der Waals surface area contributed by atoms with Gasteiger partial charge in [0.2, 0.25) is 5.01 Å². The fraction of sp³-hybridized carbons (Fsp3) is 0.286. The topological polar surface area (TPSA) is 72.4 Å². The van der Waals surface area contributed by atoms with Crippen molar-refractivity contribution in [2.24, 2.45) is 0 Å². The van der Waals surface area contributed by atoms with Gasteiger partial charge in [0.1, 0.15) is 5.69 Å². The van der Waals surface area contributed by atoms with Crippen LogP contribution in [0.3, 0.4) is 0 Å². The van der Waals surface area contributed by atoms with Crippen molar-refractivity contribution in [1.29, 1.82) is 0 Å². The summed E-state index contributed by atoms with van der Waals surface area (Å²) in [4.78, 5) is 33.6. The first-order valence-electron chi connectivity index (χ1n) is 6.51. The molecule has 0 bridgehead atoms. The standard InChI is InChI=1S/C14H15N3O3S/c1-3-17(10-5-7-15-8-6-10)13(18)11-9-21-12(16-11)14(19)20-4-2/h5-9H,3-4H2,1-2H3. The number of hydrogen-bond donors (Lipinski definition) is 0. The van der Waals surface area contributed by atoms with E-state index in [0.717, 1.165) is 17.0 Å². The molecule has 2 aromatic heterocycles. The maximum Gasteiger partial charge on any atom is 0.367 e. The summed E-state index contributed by atoms with van der Waals surface area (Å²) >= 11 is 1.10. The Labute approximate surface area is 126 Å². The van der Waals surface area contributed by atoms with Crippen molar-refractivity contribution in [3.63, 3.8) is 0 Å². The molecule has 0 aliphatic rings. The van der Waals surface area contributed by atoms with Gasteiger partial charge in [-0.2, -0.15) is 0 Å². The van der Waals surface area contributed by atoms with Crippen LogP contribution in [0, 0.1) is 0 Å². The second-order valence-corrected chi connectivity index (χ2v) is 4.87. The van der Waals surface area contributed by atoms with Gasteiger partial charge in [-0.3, -0.25) is 9.78 Å². The van der Waals surface area contributed by atoms with Crippen LogP contribution in [0.4, 0.5) is 5.69 Å². The minimum Gasteiger partial charge on any atom is -0.461 e. The number of carbonyl (C=O) groups is 2. The number of hydrogen-bond acceptors (Lipinski definition) is 6. The van der Waals surface area contributed by atoms with Gasteiger partial charge in [-0.05, 0) is 26.0 Å². The molecule has 0 N–H and O–H groups in total. The lowest BCUT2D eigenvalue weighted by Gasteiger charge is -2.19. The predicted octanol–water partition coefficient (Wildman–Crippen LogP) is 2.38. The van der Waals surface area contributed by atoms with E-state index in [2.05, 4.69) is 9.97 Å². The van der Waals surface area contributed by atoms with Crippen LogP contribution in [0.1, 0.15) is 34.1 Å². The number of aromatic nitrogens is 2. The number of nitrogens with zero attached hydrogens (tertiary/aromatic N) is 3. The first-order valence-corrected chi connectivity index (χ1v) is 7.39. The zero-order valence-electron chi connectivity index (χ0n) is 11.8. The Bertz CT molecular complexity index is 627. The summed E-state index contributed by atoms with van der Waals surface area (Å²) in [6.07, 6.45) is 3.24. The molecule has 2 aromatic rings. The largest absolute Gasteiger partial charge is 0.461 e. The van der Waals surface area contributed by atoms with Crippen LogP contribution in [-0.4, -0.2) is 35.0 Å². The van der Waals surface area contributed by atoms with E-state index in [1.54, 1.807) is 41.7 Å². The average Bonchev–Trinajstić information content (AvgIpc) is 2.99. The normalized spacial score (nSPS) is 10.2. The third kappa shape index (κ3) is 3.43. The van der Waals surface area contributed by atoms with Gasteiger partial charge < -0.3 is 9.64 Å². The lowest BCUT2D eigenvalue weighted by atomic mass is 10.3. The molecule has 0 saturated heterocycles. The Hall–Kier alpha value is -2.28. The fourth-order valence-corrected chi connectivity index (χ4v) is 2.45. The van der Waals surface area contributed by atoms with E-state index in [4.69, 9.17) is 4.74 Å². The van der Waals surface area contributed by atoms with Gasteiger partial charge in [-0.15, -0.1) is 11.3 Å². The lowest BCUT2D eigenvalue weighted by Crippen LogP contribution is -2.31. The second-order valence-electron chi connectivity index (χ2n) is 4.01. The van der Waals surface area contributed by atoms with E-state index in [1.807, 2.05) is 6.92 Å². The number of amides is 1. The third-order valence-electron chi connectivity index (χ3n) is 2.71. The van der Waals surface area contributed by atoms with Gasteiger partial charge in [0.25, 0.3) is 5.91 Å². The summed E-state index contributed by atoms with van der Waals surface area (Å²) in [6, 6.07) is 3.50. The van der Waals surface area contributed by atoms with Gasteiger partial charge in [0.15, 0.2) is 0 Å². The fourth-order valence-electron chi connectivity index (χ4n) is 1.76. The van der Waals surface area contributed by atoms with Crippen molar-refractivity contribution in [2.75, 3.05) is 18.1 Å². The maximum atomic E-state index is 12.5. The van der Waals surface area contributed by atoms with Crippen molar-refractivity contribution in [3.8, 4) is 0 Å². The van der Waals surface area contributed by atoms with Gasteiger partial charge in [0, 0.05) is 30.0 Å². The number of esters is 1. The summed E-state index contributed by atoms with van der Waals surface area (Å²) in [5.41, 5.74) is 0.977. The highest BCUT2D eigenvalue weighted by atomic mass is 32.1. The molecule has 0 atom stereocenters. The minimum absolute atomic E-state index is 0.186. The lowest BCUT2D eigenvalue weighted by molar-refractivity contribution is 0.0526. The van der Waals surface area contributed by atoms with Crippen molar-refractivity contribution in [2.45, 2.75) is 13.8 Å². The molecular formula is C14H15N3O3S. The van der Waals surface area contributed by atoms with E-state index in [9.17, 15) is 9.59 Å². The highest BCUT2D eigenvalue weighted by molar-refractivity contribution is 7.11. The SMILES string of the molecule is CCOC(=O)c1nc(C(=O)N(CC)c2ccncc2)cs1. The van der Waals surface area contributed by atoms with Crippen LogP contribution < -0.4 is 4.90 Å². The Morgan fingerprint density at radius 2 is 2.00 bits per heavy atom. The third-order valence-corrected chi connectivity index (χ3v) is 3.53. The van der Waals surface area contributed by atoms with Crippen LogP contribution in [0.25, 0.3) is 0 Å². The number of anilines is 1. The Kier molecular flexibility index (Phi) is 4.99. The van der Waals surface area contributed by atoms with Gasteiger partial charge in [-0.25, -0.2) is 9.78 Å². The molecule has 0 spiro atoms. The molecule has 2 heterocycles. The molecular weight excluding hydrogens is 290 g/mol. The smallest absolute Gasteiger partial charge is 0.367 e. The van der Waals surface area contributed by atoms with Crippen molar-refractivity contribution in [3.05, 3.63) is 40.6 Å². The molecule has 0 radical (unpaired) electrons. The predicted molar refractivity (Wildman–Crippen MR) is 79.7 cm³/mol. The monoisotopic (exact) mass is 305 g/mol. The van der Waals surface area contributed by atoms with E-state index >= 15 is 0 Å². The van der Waals surface area contributed by atoms with Gasteiger partial charge in [0.05, 0.1) is 6.61 Å². The van der Waals surface area contributed by atoms with Crippen LogP contribution in [0.5, 0.6) is 0 Å². The summed E-state index contributed by atoms with van der Waals surface area (Å²) in [6.45, 7) is 4.37. The molecule has 0 aromatic carbocycles. The summed E-state index contributed by atoms with van der Waals surface area (Å²) in [7, 11) is 0. The zero-order valence-corrected chi connectivity index (χ0v) is 12.6. The number of ether oxygens (including phenoxy) is 1. The number of pyridine rings is 1. The minimum atomic E-state index is -0.506. The Morgan fingerprint density at radius 3 is 2.62 bits per heavy atom. The van der Waals surface area contributed by atoms with Crippen LogP contribution in [-0.2, 0) is 4.74 Å². The molecule has 110 valence electrons. The second kappa shape index (κ2) is 6.94. The zero-order chi connectivity index (χ0) is 15.2. The highest BCUT2D eigenvalue weighted by Gasteiger charge is 2.21. The molecule has 6 nitrogen and oxygen atoms in total. The molecule has 0 fully saturated rings. The van der Waals surface area contributed by atoms with Crippen molar-refractivity contribution in [1.82, 2.24) is 9.97 Å². The first-order chi connectivity index (χ1) is 10.2. The number of thiazole rings is 1. The molecule has 0 saturated carbocycles.